The highest BCUT2D eigenvalue weighted by Gasteiger charge is 2.35. The quantitative estimate of drug-likeness (QED) is 0.434. The largest absolute Gasteiger partial charge is 0.388 e. The van der Waals surface area contributed by atoms with Crippen molar-refractivity contribution in [3.63, 3.8) is 0 Å². The standard InChI is InChI=1S/C22H41NO/c1-10-13-14-18(6)16-22(8,19(7)23-12-3)21(17(4)5)15-20(11-2)24-9/h13-15,17-18,20,23H,7,10-12,16H2,1-6,8-9H3/b14-13-,21-15+. The van der Waals surface area contributed by atoms with Crippen LogP contribution in [0.15, 0.2) is 36.1 Å². The molecule has 0 aromatic carbocycles. The summed E-state index contributed by atoms with van der Waals surface area (Å²) in [5.41, 5.74) is 2.47. The molecule has 0 aliphatic rings. The molecule has 0 aromatic heterocycles. The fourth-order valence-corrected chi connectivity index (χ4v) is 3.47. The van der Waals surface area contributed by atoms with Crippen LogP contribution in [0.5, 0.6) is 0 Å². The predicted octanol–water partition coefficient (Wildman–Crippen LogP) is 6.12. The number of allylic oxidation sites excluding steroid dienone is 3. The Hall–Kier alpha value is -1.02. The van der Waals surface area contributed by atoms with Crippen molar-refractivity contribution in [2.24, 2.45) is 17.3 Å². The first-order chi connectivity index (χ1) is 11.3. The van der Waals surface area contributed by atoms with E-state index < -0.39 is 0 Å². The molecule has 0 aromatic rings. The molecule has 0 rings (SSSR count). The molecule has 1 N–H and O–H groups in total. The normalized spacial score (nSPS) is 17.8. The molecule has 2 heteroatoms. The van der Waals surface area contributed by atoms with Crippen molar-refractivity contribution in [1.82, 2.24) is 5.32 Å². The van der Waals surface area contributed by atoms with Crippen LogP contribution in [-0.4, -0.2) is 19.8 Å². The Balaban J connectivity index is 5.85. The van der Waals surface area contributed by atoms with Crippen LogP contribution in [0.3, 0.4) is 0 Å². The van der Waals surface area contributed by atoms with Gasteiger partial charge in [0.15, 0.2) is 0 Å². The molecule has 2 nitrogen and oxygen atoms in total. The van der Waals surface area contributed by atoms with Gasteiger partial charge in [-0.15, -0.1) is 0 Å². The SMILES string of the molecule is C=C(NCC)C(C)(CC(C)/C=C\CC)/C(=C/C(CC)OC)C(C)C. The van der Waals surface area contributed by atoms with Crippen molar-refractivity contribution in [1.29, 1.82) is 0 Å². The Morgan fingerprint density at radius 2 is 1.83 bits per heavy atom. The Morgan fingerprint density at radius 1 is 1.21 bits per heavy atom. The first-order valence-corrected chi connectivity index (χ1v) is 9.61. The summed E-state index contributed by atoms with van der Waals surface area (Å²) in [6.45, 7) is 21.0. The van der Waals surface area contributed by atoms with E-state index in [-0.39, 0.29) is 11.5 Å². The molecule has 0 aliphatic carbocycles. The number of methoxy groups -OCH3 is 1. The molecule has 0 bridgehead atoms. The fourth-order valence-electron chi connectivity index (χ4n) is 3.47. The minimum atomic E-state index is -0.0758. The Labute approximate surface area is 151 Å². The smallest absolute Gasteiger partial charge is 0.0752 e. The first kappa shape index (κ1) is 23.0. The maximum Gasteiger partial charge on any atom is 0.0752 e. The van der Waals surface area contributed by atoms with Crippen LogP contribution in [0.4, 0.5) is 0 Å². The lowest BCUT2D eigenvalue weighted by molar-refractivity contribution is 0.135. The monoisotopic (exact) mass is 335 g/mol. The van der Waals surface area contributed by atoms with Crippen LogP contribution < -0.4 is 5.32 Å². The highest BCUT2D eigenvalue weighted by molar-refractivity contribution is 5.29. The van der Waals surface area contributed by atoms with E-state index in [0.717, 1.165) is 31.5 Å². The van der Waals surface area contributed by atoms with Gasteiger partial charge in [-0.05, 0) is 38.0 Å². The summed E-state index contributed by atoms with van der Waals surface area (Å²) in [6.07, 6.45) is 10.2. The van der Waals surface area contributed by atoms with Crippen LogP contribution in [0, 0.1) is 17.3 Å². The van der Waals surface area contributed by atoms with Gasteiger partial charge in [0.25, 0.3) is 0 Å². The highest BCUT2D eigenvalue weighted by atomic mass is 16.5. The Kier molecular flexibility index (Phi) is 11.0. The van der Waals surface area contributed by atoms with Crippen LogP contribution in [0.25, 0.3) is 0 Å². The lowest BCUT2D eigenvalue weighted by Gasteiger charge is -2.39. The minimum absolute atomic E-state index is 0.0758. The van der Waals surface area contributed by atoms with Gasteiger partial charge < -0.3 is 10.1 Å². The first-order valence-electron chi connectivity index (χ1n) is 9.61. The lowest BCUT2D eigenvalue weighted by atomic mass is 9.69. The second-order valence-electron chi connectivity index (χ2n) is 7.32. The zero-order valence-electron chi connectivity index (χ0n) is 17.4. The summed E-state index contributed by atoms with van der Waals surface area (Å²) < 4.78 is 5.64. The number of hydrogen-bond donors (Lipinski definition) is 1. The van der Waals surface area contributed by atoms with Gasteiger partial charge in [-0.1, -0.05) is 71.9 Å². The average molecular weight is 336 g/mol. The van der Waals surface area contributed by atoms with Crippen LogP contribution in [-0.2, 0) is 4.74 Å². The van der Waals surface area contributed by atoms with Crippen molar-refractivity contribution < 1.29 is 4.74 Å². The molecule has 0 saturated heterocycles. The number of hydrogen-bond acceptors (Lipinski definition) is 2. The van der Waals surface area contributed by atoms with E-state index in [2.05, 4.69) is 78.6 Å². The van der Waals surface area contributed by atoms with Crippen molar-refractivity contribution in [2.75, 3.05) is 13.7 Å². The summed E-state index contributed by atoms with van der Waals surface area (Å²) in [6, 6.07) is 0. The molecule has 0 fully saturated rings. The van der Waals surface area contributed by atoms with E-state index >= 15 is 0 Å². The molecular formula is C22H41NO. The summed E-state index contributed by atoms with van der Waals surface area (Å²) in [5, 5.41) is 3.49. The molecule has 140 valence electrons. The van der Waals surface area contributed by atoms with E-state index in [4.69, 9.17) is 4.74 Å². The molecule has 0 aliphatic heterocycles. The molecule has 0 spiro atoms. The molecule has 3 atom stereocenters. The van der Waals surface area contributed by atoms with Crippen LogP contribution in [0.2, 0.25) is 0 Å². The van der Waals surface area contributed by atoms with Gasteiger partial charge in [0.2, 0.25) is 0 Å². The maximum absolute atomic E-state index is 5.64. The second kappa shape index (κ2) is 11.5. The van der Waals surface area contributed by atoms with Gasteiger partial charge in [0.1, 0.15) is 0 Å². The maximum atomic E-state index is 5.64. The fraction of sp³-hybridized carbons (Fsp3) is 0.727. The van der Waals surface area contributed by atoms with E-state index in [1.165, 1.54) is 5.57 Å². The highest BCUT2D eigenvalue weighted by Crippen LogP contribution is 2.43. The number of rotatable bonds is 12. The summed E-state index contributed by atoms with van der Waals surface area (Å²) in [7, 11) is 1.80. The lowest BCUT2D eigenvalue weighted by Crippen LogP contribution is -2.34. The molecule has 0 amide bonds. The van der Waals surface area contributed by atoms with E-state index in [0.29, 0.717) is 11.8 Å². The molecule has 3 unspecified atom stereocenters. The zero-order chi connectivity index (χ0) is 18.8. The summed E-state index contributed by atoms with van der Waals surface area (Å²) in [5.74, 6) is 0.965. The third kappa shape index (κ3) is 6.84. The zero-order valence-corrected chi connectivity index (χ0v) is 17.4. The van der Waals surface area contributed by atoms with Crippen LogP contribution in [0.1, 0.15) is 67.7 Å². The average Bonchev–Trinajstić information content (AvgIpc) is 2.53. The van der Waals surface area contributed by atoms with Gasteiger partial charge in [-0.3, -0.25) is 0 Å². The Bertz CT molecular complexity index is 418. The predicted molar refractivity (Wildman–Crippen MR) is 108 cm³/mol. The number of nitrogens with one attached hydrogen (secondary N) is 1. The molecule has 0 heterocycles. The third-order valence-electron chi connectivity index (χ3n) is 4.82. The van der Waals surface area contributed by atoms with Crippen molar-refractivity contribution in [3.8, 4) is 0 Å². The number of ether oxygens (including phenoxy) is 1. The molecule has 0 saturated carbocycles. The Morgan fingerprint density at radius 3 is 2.25 bits per heavy atom. The van der Waals surface area contributed by atoms with Crippen molar-refractivity contribution in [2.45, 2.75) is 73.8 Å². The second-order valence-corrected chi connectivity index (χ2v) is 7.32. The summed E-state index contributed by atoms with van der Waals surface area (Å²) in [4.78, 5) is 0. The van der Waals surface area contributed by atoms with E-state index in [1.54, 1.807) is 7.11 Å². The topological polar surface area (TPSA) is 21.3 Å². The summed E-state index contributed by atoms with van der Waals surface area (Å²) >= 11 is 0. The molecular weight excluding hydrogens is 294 g/mol. The van der Waals surface area contributed by atoms with Gasteiger partial charge in [-0.25, -0.2) is 0 Å². The van der Waals surface area contributed by atoms with Gasteiger partial charge >= 0.3 is 0 Å². The van der Waals surface area contributed by atoms with Crippen LogP contribution >= 0.6 is 0 Å². The van der Waals surface area contributed by atoms with Crippen molar-refractivity contribution >= 4 is 0 Å². The minimum Gasteiger partial charge on any atom is -0.388 e. The molecule has 0 radical (unpaired) electrons. The van der Waals surface area contributed by atoms with Crippen molar-refractivity contribution in [3.05, 3.63) is 36.1 Å². The van der Waals surface area contributed by atoms with Gasteiger partial charge in [0, 0.05) is 24.8 Å². The van der Waals surface area contributed by atoms with E-state index in [1.807, 2.05) is 0 Å². The molecule has 24 heavy (non-hydrogen) atoms. The van der Waals surface area contributed by atoms with Gasteiger partial charge in [0.05, 0.1) is 6.10 Å². The van der Waals surface area contributed by atoms with E-state index in [9.17, 15) is 0 Å². The van der Waals surface area contributed by atoms with Gasteiger partial charge in [-0.2, -0.15) is 0 Å². The third-order valence-corrected chi connectivity index (χ3v) is 4.82.